The molecule has 0 bridgehead atoms. The number of nitrogens with one attached hydrogen (secondary N) is 2. The second kappa shape index (κ2) is 6.95. The van der Waals surface area contributed by atoms with Crippen LogP contribution in [-0.4, -0.2) is 31.0 Å². The van der Waals surface area contributed by atoms with Crippen LogP contribution in [0.4, 0.5) is 8.78 Å². The van der Waals surface area contributed by atoms with Crippen LogP contribution < -0.4 is 10.6 Å². The van der Waals surface area contributed by atoms with Gasteiger partial charge in [0.15, 0.2) is 0 Å². The second-order valence-corrected chi connectivity index (χ2v) is 5.16. The average molecular weight is 298 g/mol. The molecular weight excluding hydrogens is 278 g/mol. The maximum atomic E-state index is 13.0. The van der Waals surface area contributed by atoms with Crippen molar-refractivity contribution in [2.24, 2.45) is 0 Å². The molecule has 2 N–H and O–H groups in total. The van der Waals surface area contributed by atoms with Crippen molar-refractivity contribution in [1.29, 1.82) is 0 Å². The molecule has 1 aromatic carbocycles. The fourth-order valence-electron chi connectivity index (χ4n) is 2.19. The molecule has 1 heterocycles. The van der Waals surface area contributed by atoms with Crippen LogP contribution in [0, 0.1) is 0 Å². The highest BCUT2D eigenvalue weighted by Crippen LogP contribution is 2.25. The van der Waals surface area contributed by atoms with Crippen LogP contribution in [0.5, 0.6) is 0 Å². The molecule has 0 radical (unpaired) electrons. The van der Waals surface area contributed by atoms with Gasteiger partial charge in [0.2, 0.25) is 5.91 Å². The van der Waals surface area contributed by atoms with E-state index in [0.29, 0.717) is 19.8 Å². The summed E-state index contributed by atoms with van der Waals surface area (Å²) in [7, 11) is 0. The van der Waals surface area contributed by atoms with E-state index in [0.717, 1.165) is 11.1 Å². The van der Waals surface area contributed by atoms with E-state index in [9.17, 15) is 13.6 Å². The van der Waals surface area contributed by atoms with Crippen LogP contribution >= 0.6 is 0 Å². The molecule has 21 heavy (non-hydrogen) atoms. The molecule has 0 aromatic heterocycles. The van der Waals surface area contributed by atoms with Gasteiger partial charge in [0.25, 0.3) is 5.92 Å². The Kier molecular flexibility index (Phi) is 5.25. The number of halogens is 2. The average Bonchev–Trinajstić information content (AvgIpc) is 2.84. The predicted octanol–water partition coefficient (Wildman–Crippen LogP) is 1.84. The van der Waals surface area contributed by atoms with Gasteiger partial charge >= 0.3 is 0 Å². The normalized spacial score (nSPS) is 20.4. The fraction of sp³-hybridized carbons (Fsp3) is 0.533. The molecule has 1 fully saturated rings. The fourth-order valence-corrected chi connectivity index (χ4v) is 2.19. The smallest absolute Gasteiger partial charge is 0.262 e. The molecule has 1 saturated heterocycles. The van der Waals surface area contributed by atoms with Gasteiger partial charge < -0.3 is 10.1 Å². The zero-order valence-corrected chi connectivity index (χ0v) is 12.0. The van der Waals surface area contributed by atoms with Gasteiger partial charge in [-0.25, -0.2) is 8.78 Å². The van der Waals surface area contributed by atoms with E-state index >= 15 is 0 Å². The molecule has 0 saturated carbocycles. The Morgan fingerprint density at radius 3 is 2.62 bits per heavy atom. The molecule has 4 nitrogen and oxygen atoms in total. The first-order valence-electron chi connectivity index (χ1n) is 7.04. The van der Waals surface area contributed by atoms with Gasteiger partial charge in [-0.3, -0.25) is 10.1 Å². The number of hydrogen-bond acceptors (Lipinski definition) is 3. The number of ether oxygens (including phenoxy) is 1. The van der Waals surface area contributed by atoms with E-state index in [1.807, 2.05) is 31.2 Å². The third-order valence-electron chi connectivity index (χ3n) is 3.39. The molecule has 116 valence electrons. The van der Waals surface area contributed by atoms with Crippen molar-refractivity contribution in [3.63, 3.8) is 0 Å². The largest absolute Gasteiger partial charge is 0.377 e. The van der Waals surface area contributed by atoms with Crippen molar-refractivity contribution in [1.82, 2.24) is 10.6 Å². The molecule has 2 rings (SSSR count). The van der Waals surface area contributed by atoms with E-state index in [4.69, 9.17) is 4.74 Å². The van der Waals surface area contributed by atoms with Crippen molar-refractivity contribution in [2.75, 3.05) is 13.2 Å². The van der Waals surface area contributed by atoms with Gasteiger partial charge in [-0.15, -0.1) is 0 Å². The van der Waals surface area contributed by atoms with Crippen LogP contribution in [0.25, 0.3) is 0 Å². The molecule has 0 aliphatic carbocycles. The lowest BCUT2D eigenvalue weighted by molar-refractivity contribution is -0.123. The van der Waals surface area contributed by atoms with Crippen molar-refractivity contribution in [3.05, 3.63) is 35.4 Å². The third kappa shape index (κ3) is 4.75. The topological polar surface area (TPSA) is 50.4 Å². The number of amides is 1. The zero-order valence-electron chi connectivity index (χ0n) is 12.0. The zero-order chi connectivity index (χ0) is 15.3. The Balaban J connectivity index is 1.79. The van der Waals surface area contributed by atoms with Gasteiger partial charge in [0.1, 0.15) is 0 Å². The second-order valence-electron chi connectivity index (χ2n) is 5.16. The predicted molar refractivity (Wildman–Crippen MR) is 75.0 cm³/mol. The first-order valence-corrected chi connectivity index (χ1v) is 7.04. The Labute approximate surface area is 122 Å². The van der Waals surface area contributed by atoms with Crippen molar-refractivity contribution in [3.8, 4) is 0 Å². The van der Waals surface area contributed by atoms with Crippen molar-refractivity contribution < 1.29 is 18.3 Å². The Morgan fingerprint density at radius 1 is 1.38 bits per heavy atom. The highest BCUT2D eigenvalue weighted by molar-refractivity contribution is 5.82. The van der Waals surface area contributed by atoms with Crippen LogP contribution in [-0.2, 0) is 22.7 Å². The molecule has 1 aliphatic heterocycles. The number of carbonyl (C=O) groups excluding carboxylic acids is 1. The minimum atomic E-state index is -2.79. The quantitative estimate of drug-likeness (QED) is 0.842. The minimum Gasteiger partial charge on any atom is -0.377 e. The number of benzene rings is 1. The SMILES string of the molecule is CCOCc1ccc(CNC(=O)C2CC(F)(F)CN2)cc1. The van der Waals surface area contributed by atoms with Crippen molar-refractivity contribution >= 4 is 5.91 Å². The van der Waals surface area contributed by atoms with E-state index in [1.54, 1.807) is 0 Å². The van der Waals surface area contributed by atoms with Crippen molar-refractivity contribution in [2.45, 2.75) is 38.5 Å². The Bertz CT molecular complexity index is 477. The Morgan fingerprint density at radius 2 is 2.05 bits per heavy atom. The van der Waals surface area contributed by atoms with Gasteiger partial charge in [-0.2, -0.15) is 0 Å². The number of rotatable bonds is 6. The summed E-state index contributed by atoms with van der Waals surface area (Å²) in [6.07, 6.45) is -0.438. The van der Waals surface area contributed by atoms with Gasteiger partial charge in [0, 0.05) is 19.6 Å². The lowest BCUT2D eigenvalue weighted by Gasteiger charge is -2.11. The van der Waals surface area contributed by atoms with Gasteiger partial charge in [-0.05, 0) is 18.1 Å². The summed E-state index contributed by atoms with van der Waals surface area (Å²) >= 11 is 0. The van der Waals surface area contributed by atoms with Crippen LogP contribution in [0.2, 0.25) is 0 Å². The molecule has 6 heteroatoms. The number of alkyl halides is 2. The van der Waals surface area contributed by atoms with Gasteiger partial charge in [-0.1, -0.05) is 24.3 Å². The third-order valence-corrected chi connectivity index (χ3v) is 3.39. The molecule has 1 aliphatic rings. The van der Waals surface area contributed by atoms with E-state index in [-0.39, 0.29) is 5.91 Å². The first-order chi connectivity index (χ1) is 10.00. The maximum Gasteiger partial charge on any atom is 0.262 e. The lowest BCUT2D eigenvalue weighted by atomic mass is 10.1. The summed E-state index contributed by atoms with van der Waals surface area (Å²) < 4.78 is 31.3. The van der Waals surface area contributed by atoms with Crippen LogP contribution in [0.3, 0.4) is 0 Å². The standard InChI is InChI=1S/C15H20F2N2O2/c1-2-21-9-12-5-3-11(4-6-12)8-18-14(20)13-7-15(16,17)10-19-13/h3-6,13,19H,2,7-10H2,1H3,(H,18,20). The highest BCUT2D eigenvalue weighted by atomic mass is 19.3. The molecular formula is C15H20F2N2O2. The molecule has 1 aromatic rings. The molecule has 1 atom stereocenters. The highest BCUT2D eigenvalue weighted by Gasteiger charge is 2.42. The monoisotopic (exact) mass is 298 g/mol. The van der Waals surface area contributed by atoms with Crippen LogP contribution in [0.15, 0.2) is 24.3 Å². The van der Waals surface area contributed by atoms with Gasteiger partial charge in [0.05, 0.1) is 19.2 Å². The summed E-state index contributed by atoms with van der Waals surface area (Å²) in [5.74, 6) is -3.17. The van der Waals surface area contributed by atoms with Crippen LogP contribution in [0.1, 0.15) is 24.5 Å². The summed E-state index contributed by atoms with van der Waals surface area (Å²) in [6.45, 7) is 3.06. The molecule has 1 amide bonds. The summed E-state index contributed by atoms with van der Waals surface area (Å²) in [6, 6.07) is 6.84. The minimum absolute atomic E-state index is 0.331. The molecule has 1 unspecified atom stereocenters. The summed E-state index contributed by atoms with van der Waals surface area (Å²) in [5.41, 5.74) is 1.98. The number of carbonyl (C=O) groups is 1. The first kappa shape index (κ1) is 15.9. The van der Waals surface area contributed by atoms with E-state index < -0.39 is 24.9 Å². The van der Waals surface area contributed by atoms with E-state index in [2.05, 4.69) is 10.6 Å². The van der Waals surface area contributed by atoms with E-state index in [1.165, 1.54) is 0 Å². The molecule has 0 spiro atoms. The number of hydrogen-bond donors (Lipinski definition) is 2. The summed E-state index contributed by atoms with van der Waals surface area (Å²) in [5, 5.41) is 5.21. The maximum absolute atomic E-state index is 13.0. The lowest BCUT2D eigenvalue weighted by Crippen LogP contribution is -2.40. The Hall–Kier alpha value is -1.53. The summed E-state index contributed by atoms with van der Waals surface area (Å²) in [4.78, 5) is 11.8.